The van der Waals surface area contributed by atoms with Crippen LogP contribution in [-0.4, -0.2) is 0 Å². The zero-order valence-electron chi connectivity index (χ0n) is 6.67. The van der Waals surface area contributed by atoms with Crippen LogP contribution in [0.4, 0.5) is 4.39 Å². The van der Waals surface area contributed by atoms with Crippen molar-refractivity contribution in [2.45, 2.75) is 13.8 Å². The van der Waals surface area contributed by atoms with Crippen molar-refractivity contribution in [3.05, 3.63) is 28.2 Å². The van der Waals surface area contributed by atoms with Gasteiger partial charge in [-0.3, -0.25) is 0 Å². The van der Waals surface area contributed by atoms with Gasteiger partial charge in [0, 0.05) is 16.3 Å². The zero-order valence-corrected chi connectivity index (χ0v) is 7.49. The maximum Gasteiger partial charge on any atom is 0.141 e. The van der Waals surface area contributed by atoms with Crippen molar-refractivity contribution in [1.82, 2.24) is 0 Å². The predicted octanol–water partition coefficient (Wildman–Crippen LogP) is 3.56. The molecular formula is C9H11FS. The second kappa shape index (κ2) is 3.67. The molecule has 1 heterocycles. The lowest BCUT2D eigenvalue weighted by Crippen LogP contribution is -1.77. The Bertz CT molecular complexity index is 248. The summed E-state index contributed by atoms with van der Waals surface area (Å²) in [6, 6.07) is 0. The van der Waals surface area contributed by atoms with Crippen LogP contribution in [0.5, 0.6) is 0 Å². The number of hydrogen-bond acceptors (Lipinski definition) is 1. The van der Waals surface area contributed by atoms with Crippen molar-refractivity contribution < 1.29 is 4.39 Å². The molecule has 0 aromatic carbocycles. The van der Waals surface area contributed by atoms with Gasteiger partial charge in [0.05, 0.1) is 0 Å². The first kappa shape index (κ1) is 8.47. The van der Waals surface area contributed by atoms with Crippen molar-refractivity contribution in [2.24, 2.45) is 5.92 Å². The molecule has 0 aliphatic heterocycles. The Kier molecular flexibility index (Phi) is 2.83. The van der Waals surface area contributed by atoms with Crippen LogP contribution in [-0.2, 0) is 0 Å². The summed E-state index contributed by atoms with van der Waals surface area (Å²) < 4.78 is 12.8. The number of allylic oxidation sites excluding steroid dienone is 1. The molecule has 1 rings (SSSR count). The number of hydrogen-bond donors (Lipinski definition) is 0. The predicted molar refractivity (Wildman–Crippen MR) is 48.1 cm³/mol. The lowest BCUT2D eigenvalue weighted by Gasteiger charge is -1.91. The third-order valence-electron chi connectivity index (χ3n) is 1.30. The lowest BCUT2D eigenvalue weighted by atomic mass is 10.2. The van der Waals surface area contributed by atoms with E-state index in [1.807, 2.05) is 17.5 Å². The van der Waals surface area contributed by atoms with Gasteiger partial charge in [-0.2, -0.15) is 0 Å². The van der Waals surface area contributed by atoms with Crippen molar-refractivity contribution in [3.63, 3.8) is 0 Å². The maximum absolute atomic E-state index is 12.8. The molecule has 0 amide bonds. The summed E-state index contributed by atoms with van der Waals surface area (Å²) in [5.74, 6) is 0.362. The molecule has 0 saturated heterocycles. The molecule has 0 nitrogen and oxygen atoms in total. The highest BCUT2D eigenvalue weighted by Crippen LogP contribution is 2.15. The van der Waals surface area contributed by atoms with Gasteiger partial charge in [0.1, 0.15) is 5.82 Å². The topological polar surface area (TPSA) is 0 Å². The Morgan fingerprint density at radius 1 is 1.45 bits per heavy atom. The molecule has 0 saturated carbocycles. The van der Waals surface area contributed by atoms with Gasteiger partial charge in [0.25, 0.3) is 0 Å². The summed E-state index contributed by atoms with van der Waals surface area (Å²) >= 11 is 1.39. The Labute approximate surface area is 70.4 Å². The average molecular weight is 170 g/mol. The number of halogens is 1. The van der Waals surface area contributed by atoms with Gasteiger partial charge in [0.2, 0.25) is 0 Å². The van der Waals surface area contributed by atoms with Crippen molar-refractivity contribution in [1.29, 1.82) is 0 Å². The summed E-state index contributed by atoms with van der Waals surface area (Å²) in [6.07, 6.45) is 3.82. The minimum absolute atomic E-state index is 0.119. The van der Waals surface area contributed by atoms with E-state index in [0.717, 1.165) is 0 Å². The van der Waals surface area contributed by atoms with E-state index in [-0.39, 0.29) is 5.82 Å². The van der Waals surface area contributed by atoms with Crippen LogP contribution >= 0.6 is 11.3 Å². The first-order chi connectivity index (χ1) is 5.20. The maximum atomic E-state index is 12.8. The van der Waals surface area contributed by atoms with Crippen molar-refractivity contribution in [3.8, 4) is 0 Å². The van der Waals surface area contributed by atoms with E-state index in [9.17, 15) is 4.39 Å². The normalized spacial score (nSPS) is 11.6. The SMILES string of the molecule is CC(C)/C=C/c1cscc1F. The number of rotatable bonds is 2. The van der Waals surface area contributed by atoms with Gasteiger partial charge >= 0.3 is 0 Å². The Hall–Kier alpha value is -0.630. The number of thiophene rings is 1. The van der Waals surface area contributed by atoms with Gasteiger partial charge in [-0.15, -0.1) is 11.3 Å². The first-order valence-electron chi connectivity index (χ1n) is 3.60. The summed E-state index contributed by atoms with van der Waals surface area (Å²) in [7, 11) is 0. The van der Waals surface area contributed by atoms with E-state index >= 15 is 0 Å². The lowest BCUT2D eigenvalue weighted by molar-refractivity contribution is 0.630. The van der Waals surface area contributed by atoms with E-state index in [1.165, 1.54) is 16.7 Å². The van der Waals surface area contributed by atoms with E-state index in [1.54, 1.807) is 0 Å². The van der Waals surface area contributed by atoms with E-state index in [2.05, 4.69) is 13.8 Å². The van der Waals surface area contributed by atoms with Gasteiger partial charge in [-0.1, -0.05) is 26.0 Å². The minimum Gasteiger partial charge on any atom is -0.205 e. The fourth-order valence-electron chi connectivity index (χ4n) is 0.706. The van der Waals surface area contributed by atoms with Crippen molar-refractivity contribution in [2.75, 3.05) is 0 Å². The molecule has 60 valence electrons. The third-order valence-corrected chi connectivity index (χ3v) is 2.04. The van der Waals surface area contributed by atoms with Crippen LogP contribution < -0.4 is 0 Å². The molecule has 0 bridgehead atoms. The molecule has 2 heteroatoms. The molecule has 0 radical (unpaired) electrons. The average Bonchev–Trinajstić information content (AvgIpc) is 2.31. The van der Waals surface area contributed by atoms with Crippen LogP contribution in [0.25, 0.3) is 6.08 Å². The fraction of sp³-hybridized carbons (Fsp3) is 0.333. The highest BCUT2D eigenvalue weighted by Gasteiger charge is 1.97. The molecule has 0 spiro atoms. The van der Waals surface area contributed by atoms with Crippen LogP contribution in [0.15, 0.2) is 16.8 Å². The van der Waals surface area contributed by atoms with E-state index < -0.39 is 0 Å². The molecule has 1 aromatic rings. The van der Waals surface area contributed by atoms with E-state index in [4.69, 9.17) is 0 Å². The first-order valence-corrected chi connectivity index (χ1v) is 4.54. The molecule has 0 N–H and O–H groups in total. The zero-order chi connectivity index (χ0) is 8.27. The quantitative estimate of drug-likeness (QED) is 0.636. The summed E-state index contributed by atoms with van der Waals surface area (Å²) in [6.45, 7) is 4.14. The molecule has 0 fully saturated rings. The van der Waals surface area contributed by atoms with Crippen LogP contribution in [0.2, 0.25) is 0 Å². The van der Waals surface area contributed by atoms with Gasteiger partial charge in [0.15, 0.2) is 0 Å². The standard InChI is InChI=1S/C9H11FS/c1-7(2)3-4-8-5-11-6-9(8)10/h3-7H,1-2H3/b4-3+. The fourth-order valence-corrected chi connectivity index (χ4v) is 1.37. The molecule has 11 heavy (non-hydrogen) atoms. The van der Waals surface area contributed by atoms with Crippen LogP contribution in [0.3, 0.4) is 0 Å². The van der Waals surface area contributed by atoms with Gasteiger partial charge in [-0.05, 0) is 5.92 Å². The van der Waals surface area contributed by atoms with E-state index in [0.29, 0.717) is 11.5 Å². The Morgan fingerprint density at radius 2 is 2.18 bits per heavy atom. The third kappa shape index (κ3) is 2.46. The van der Waals surface area contributed by atoms with Crippen LogP contribution in [0, 0.1) is 11.7 Å². The molecule has 0 unspecified atom stereocenters. The Morgan fingerprint density at radius 3 is 2.64 bits per heavy atom. The van der Waals surface area contributed by atoms with Gasteiger partial charge < -0.3 is 0 Å². The second-order valence-corrected chi connectivity index (χ2v) is 3.52. The molecule has 0 aliphatic rings. The summed E-state index contributed by atoms with van der Waals surface area (Å²) in [5, 5.41) is 3.33. The monoisotopic (exact) mass is 170 g/mol. The molecule has 0 aliphatic carbocycles. The minimum atomic E-state index is -0.119. The molecule has 1 aromatic heterocycles. The van der Waals surface area contributed by atoms with Crippen LogP contribution in [0.1, 0.15) is 19.4 Å². The van der Waals surface area contributed by atoms with Crippen molar-refractivity contribution >= 4 is 17.4 Å². The Balaban J connectivity index is 2.71. The molecular weight excluding hydrogens is 159 g/mol. The molecule has 0 atom stereocenters. The smallest absolute Gasteiger partial charge is 0.141 e. The van der Waals surface area contributed by atoms with Gasteiger partial charge in [-0.25, -0.2) is 4.39 Å². The second-order valence-electron chi connectivity index (χ2n) is 2.78. The summed E-state index contributed by atoms with van der Waals surface area (Å²) in [4.78, 5) is 0. The highest BCUT2D eigenvalue weighted by atomic mass is 32.1. The largest absolute Gasteiger partial charge is 0.205 e. The summed E-state index contributed by atoms with van der Waals surface area (Å²) in [5.41, 5.74) is 0.698. The highest BCUT2D eigenvalue weighted by molar-refractivity contribution is 7.08.